The van der Waals surface area contributed by atoms with Gasteiger partial charge in [0.25, 0.3) is 0 Å². The van der Waals surface area contributed by atoms with Crippen LogP contribution < -0.4 is 0 Å². The molecule has 0 aromatic heterocycles. The fraction of sp³-hybridized carbons (Fsp3) is 0.826. The van der Waals surface area contributed by atoms with E-state index in [1.807, 2.05) is 0 Å². The fourth-order valence-corrected chi connectivity index (χ4v) is 2.87. The molecule has 0 rings (SSSR count). The fourth-order valence-electron chi connectivity index (χ4n) is 2.87. The van der Waals surface area contributed by atoms with E-state index in [2.05, 4.69) is 31.6 Å². The molecule has 0 fully saturated rings. The SMILES string of the molecule is C#CC(C#CCCCCCCCCC)CCCCCCCCC. The first-order valence-corrected chi connectivity index (χ1v) is 10.3. The highest BCUT2D eigenvalue weighted by atomic mass is 14.0. The van der Waals surface area contributed by atoms with E-state index in [9.17, 15) is 0 Å². The first-order valence-electron chi connectivity index (χ1n) is 10.3. The number of unbranched alkanes of at least 4 members (excludes halogenated alkanes) is 13. The van der Waals surface area contributed by atoms with Crippen LogP contribution in [0.25, 0.3) is 0 Å². The van der Waals surface area contributed by atoms with Crippen molar-refractivity contribution in [3.63, 3.8) is 0 Å². The summed E-state index contributed by atoms with van der Waals surface area (Å²) >= 11 is 0. The molecule has 0 saturated heterocycles. The minimum atomic E-state index is 0.190. The van der Waals surface area contributed by atoms with Gasteiger partial charge in [0.05, 0.1) is 5.92 Å². The molecule has 132 valence electrons. The van der Waals surface area contributed by atoms with Crippen molar-refractivity contribution in [1.82, 2.24) is 0 Å². The highest BCUT2D eigenvalue weighted by molar-refractivity contribution is 5.14. The lowest BCUT2D eigenvalue weighted by Crippen LogP contribution is -1.93. The Morgan fingerprint density at radius 3 is 1.65 bits per heavy atom. The van der Waals surface area contributed by atoms with Crippen LogP contribution >= 0.6 is 0 Å². The Labute approximate surface area is 147 Å². The second-order valence-electron chi connectivity index (χ2n) is 6.82. The van der Waals surface area contributed by atoms with Gasteiger partial charge in [-0.1, -0.05) is 109 Å². The second kappa shape index (κ2) is 19.2. The van der Waals surface area contributed by atoms with Crippen molar-refractivity contribution >= 4 is 0 Å². The summed E-state index contributed by atoms with van der Waals surface area (Å²) in [6, 6.07) is 0. The lowest BCUT2D eigenvalue weighted by molar-refractivity contribution is 0.562. The van der Waals surface area contributed by atoms with E-state index in [4.69, 9.17) is 6.42 Å². The normalized spacial score (nSPS) is 11.5. The van der Waals surface area contributed by atoms with E-state index in [0.717, 1.165) is 12.8 Å². The Morgan fingerprint density at radius 2 is 1.13 bits per heavy atom. The third-order valence-corrected chi connectivity index (χ3v) is 4.48. The molecule has 0 heteroatoms. The summed E-state index contributed by atoms with van der Waals surface area (Å²) in [6.07, 6.45) is 26.6. The Balaban J connectivity index is 3.49. The van der Waals surface area contributed by atoms with Gasteiger partial charge in [-0.05, 0) is 12.8 Å². The summed E-state index contributed by atoms with van der Waals surface area (Å²) in [5.41, 5.74) is 0. The van der Waals surface area contributed by atoms with Crippen molar-refractivity contribution < 1.29 is 0 Å². The van der Waals surface area contributed by atoms with Crippen LogP contribution in [0.3, 0.4) is 0 Å². The molecule has 0 nitrogen and oxygen atoms in total. The van der Waals surface area contributed by atoms with Crippen LogP contribution in [-0.2, 0) is 0 Å². The minimum Gasteiger partial charge on any atom is -0.119 e. The third-order valence-electron chi connectivity index (χ3n) is 4.48. The summed E-state index contributed by atoms with van der Waals surface area (Å²) in [7, 11) is 0. The Bertz CT molecular complexity index is 322. The van der Waals surface area contributed by atoms with Gasteiger partial charge in [0, 0.05) is 6.42 Å². The van der Waals surface area contributed by atoms with Crippen molar-refractivity contribution in [2.45, 2.75) is 117 Å². The highest BCUT2D eigenvalue weighted by Crippen LogP contribution is 2.12. The molecular weight excluding hydrogens is 276 g/mol. The van der Waals surface area contributed by atoms with Crippen LogP contribution in [0.1, 0.15) is 117 Å². The Hall–Kier alpha value is -0.880. The molecule has 0 amide bonds. The lowest BCUT2D eigenvalue weighted by Gasteiger charge is -2.03. The zero-order chi connectivity index (χ0) is 17.0. The van der Waals surface area contributed by atoms with Crippen LogP contribution in [0.2, 0.25) is 0 Å². The van der Waals surface area contributed by atoms with Gasteiger partial charge in [-0.25, -0.2) is 0 Å². The van der Waals surface area contributed by atoms with Crippen molar-refractivity contribution in [3.05, 3.63) is 0 Å². The molecule has 0 spiro atoms. The molecule has 0 aromatic carbocycles. The Kier molecular flexibility index (Phi) is 18.4. The third kappa shape index (κ3) is 17.3. The maximum Gasteiger partial charge on any atom is 0.0808 e. The van der Waals surface area contributed by atoms with E-state index in [0.29, 0.717) is 0 Å². The van der Waals surface area contributed by atoms with Gasteiger partial charge in [0.15, 0.2) is 0 Å². The largest absolute Gasteiger partial charge is 0.119 e. The quantitative estimate of drug-likeness (QED) is 0.216. The van der Waals surface area contributed by atoms with Crippen molar-refractivity contribution in [3.8, 4) is 24.2 Å². The van der Waals surface area contributed by atoms with Crippen LogP contribution in [0.4, 0.5) is 0 Å². The average molecular weight is 317 g/mol. The van der Waals surface area contributed by atoms with Gasteiger partial charge in [-0.3, -0.25) is 0 Å². The molecule has 23 heavy (non-hydrogen) atoms. The van der Waals surface area contributed by atoms with Crippen molar-refractivity contribution in [2.24, 2.45) is 5.92 Å². The van der Waals surface area contributed by atoms with E-state index >= 15 is 0 Å². The average Bonchev–Trinajstić information content (AvgIpc) is 2.57. The highest BCUT2D eigenvalue weighted by Gasteiger charge is 2.00. The van der Waals surface area contributed by atoms with Gasteiger partial charge >= 0.3 is 0 Å². The standard InChI is InChI=1S/C23H40/c1-4-7-9-11-13-14-16-18-20-22-23(6-3)21-19-17-15-12-10-8-5-2/h3,23H,4-5,7-19,21H2,1-2H3. The molecule has 0 saturated carbocycles. The van der Waals surface area contributed by atoms with Gasteiger partial charge in [-0.15, -0.1) is 12.3 Å². The molecule has 0 aliphatic carbocycles. The predicted octanol–water partition coefficient (Wildman–Crippen LogP) is 7.52. The molecule has 0 radical (unpaired) electrons. The molecule has 0 N–H and O–H groups in total. The van der Waals surface area contributed by atoms with Crippen molar-refractivity contribution in [2.75, 3.05) is 0 Å². The van der Waals surface area contributed by atoms with Gasteiger partial charge < -0.3 is 0 Å². The predicted molar refractivity (Wildman–Crippen MR) is 105 cm³/mol. The maximum atomic E-state index is 5.61. The minimum absolute atomic E-state index is 0.190. The first kappa shape index (κ1) is 22.1. The molecular formula is C23H40. The first-order chi connectivity index (χ1) is 11.3. The van der Waals surface area contributed by atoms with E-state index in [1.165, 1.54) is 89.9 Å². The molecule has 0 bridgehead atoms. The molecule has 1 unspecified atom stereocenters. The lowest BCUT2D eigenvalue weighted by atomic mass is 10.0. The summed E-state index contributed by atoms with van der Waals surface area (Å²) < 4.78 is 0. The van der Waals surface area contributed by atoms with Crippen LogP contribution in [0.15, 0.2) is 0 Å². The van der Waals surface area contributed by atoms with Gasteiger partial charge in [0.2, 0.25) is 0 Å². The maximum absolute atomic E-state index is 5.61. The zero-order valence-corrected chi connectivity index (χ0v) is 16.0. The van der Waals surface area contributed by atoms with E-state index < -0.39 is 0 Å². The summed E-state index contributed by atoms with van der Waals surface area (Å²) in [5, 5.41) is 0. The van der Waals surface area contributed by atoms with Crippen LogP contribution in [0, 0.1) is 30.1 Å². The van der Waals surface area contributed by atoms with Gasteiger partial charge in [-0.2, -0.15) is 0 Å². The van der Waals surface area contributed by atoms with Crippen molar-refractivity contribution in [1.29, 1.82) is 0 Å². The van der Waals surface area contributed by atoms with Crippen LogP contribution in [0.5, 0.6) is 0 Å². The topological polar surface area (TPSA) is 0 Å². The molecule has 0 aromatic rings. The summed E-state index contributed by atoms with van der Waals surface area (Å²) in [6.45, 7) is 4.53. The zero-order valence-electron chi connectivity index (χ0n) is 16.0. The summed E-state index contributed by atoms with van der Waals surface area (Å²) in [4.78, 5) is 0. The smallest absolute Gasteiger partial charge is 0.0808 e. The van der Waals surface area contributed by atoms with Crippen LogP contribution in [-0.4, -0.2) is 0 Å². The molecule has 0 aliphatic heterocycles. The number of rotatable bonds is 15. The number of hydrogen-bond acceptors (Lipinski definition) is 0. The van der Waals surface area contributed by atoms with E-state index in [-0.39, 0.29) is 5.92 Å². The summed E-state index contributed by atoms with van der Waals surface area (Å²) in [5.74, 6) is 9.68. The van der Waals surface area contributed by atoms with E-state index in [1.54, 1.807) is 0 Å². The molecule has 0 aliphatic rings. The number of hydrogen-bond donors (Lipinski definition) is 0. The Morgan fingerprint density at radius 1 is 0.652 bits per heavy atom. The second-order valence-corrected chi connectivity index (χ2v) is 6.82. The number of terminal acetylenes is 1. The molecule has 0 heterocycles. The molecule has 1 atom stereocenters. The monoisotopic (exact) mass is 316 g/mol. The van der Waals surface area contributed by atoms with Gasteiger partial charge in [0.1, 0.15) is 0 Å².